The minimum atomic E-state index is -1.39. The molecule has 4 N–H and O–H groups in total. The largest absolute Gasteiger partial charge is 0.480 e. The Morgan fingerprint density at radius 1 is 0.604 bits per heavy atom. The van der Waals surface area contributed by atoms with Crippen LogP contribution in [0.3, 0.4) is 0 Å². The molecule has 2 amide bonds. The molecule has 0 aliphatic carbocycles. The standard InChI is InChI=1S/C44H74N2O7/c1-3-5-7-9-11-13-15-16-17-19-21-23-28-32-36-43(50)53-39(33-29-25-22-20-18-14-12-10-8-6-4-2)34-30-26-24-27-31-35-41(48)45-37-42(49)46-40(38-47)44(51)52/h6,8,12,14-16,20,22,29,33,39-40,47H,3-5,7,9-11,13,17-19,21,23-28,30-32,34-38H2,1-2H3,(H,45,48)(H,46,49)(H,51,52)/b8-6-,14-12-,16-15-,22-20-,33-29-. The molecule has 0 aromatic rings. The van der Waals surface area contributed by atoms with Crippen molar-refractivity contribution in [3.63, 3.8) is 0 Å². The molecule has 0 saturated heterocycles. The molecule has 0 aliphatic rings. The molecular formula is C44H74N2O7. The zero-order valence-electron chi connectivity index (χ0n) is 33.2. The van der Waals surface area contributed by atoms with Crippen LogP contribution < -0.4 is 10.6 Å². The molecule has 2 unspecified atom stereocenters. The average molecular weight is 743 g/mol. The fourth-order valence-electron chi connectivity index (χ4n) is 5.56. The summed E-state index contributed by atoms with van der Waals surface area (Å²) in [5, 5.41) is 22.5. The monoisotopic (exact) mass is 743 g/mol. The number of carbonyl (C=O) groups is 4. The lowest BCUT2D eigenvalue weighted by Crippen LogP contribution is -2.47. The molecule has 0 saturated carbocycles. The van der Waals surface area contributed by atoms with Crippen LogP contribution in [-0.2, 0) is 23.9 Å². The molecule has 0 aliphatic heterocycles. The lowest BCUT2D eigenvalue weighted by Gasteiger charge is -2.15. The highest BCUT2D eigenvalue weighted by molar-refractivity contribution is 5.87. The molecule has 0 aromatic heterocycles. The summed E-state index contributed by atoms with van der Waals surface area (Å²) in [6.45, 7) is 3.32. The highest BCUT2D eigenvalue weighted by Crippen LogP contribution is 2.15. The van der Waals surface area contributed by atoms with Crippen molar-refractivity contribution in [2.45, 2.75) is 180 Å². The summed E-state index contributed by atoms with van der Waals surface area (Å²) in [4.78, 5) is 47.4. The molecule has 0 rings (SSSR count). The van der Waals surface area contributed by atoms with Gasteiger partial charge in [-0.2, -0.15) is 0 Å². The molecule has 0 radical (unpaired) electrons. The second-order valence-corrected chi connectivity index (χ2v) is 13.7. The summed E-state index contributed by atoms with van der Waals surface area (Å²) in [5.41, 5.74) is 0. The Morgan fingerprint density at radius 3 is 1.72 bits per heavy atom. The molecule has 302 valence electrons. The lowest BCUT2D eigenvalue weighted by atomic mass is 10.1. The van der Waals surface area contributed by atoms with Crippen molar-refractivity contribution in [1.82, 2.24) is 10.6 Å². The summed E-state index contributed by atoms with van der Waals surface area (Å²) in [6, 6.07) is -1.39. The van der Waals surface area contributed by atoms with Crippen LogP contribution in [0.1, 0.15) is 168 Å². The number of aliphatic carboxylic acids is 1. The number of aliphatic hydroxyl groups excluding tert-OH is 1. The minimum absolute atomic E-state index is 0.131. The van der Waals surface area contributed by atoms with Gasteiger partial charge in [0.25, 0.3) is 0 Å². The van der Waals surface area contributed by atoms with E-state index >= 15 is 0 Å². The van der Waals surface area contributed by atoms with Gasteiger partial charge in [-0.25, -0.2) is 4.79 Å². The summed E-state index contributed by atoms with van der Waals surface area (Å²) in [5.74, 6) is -2.42. The molecule has 0 bridgehead atoms. The van der Waals surface area contributed by atoms with Gasteiger partial charge in [0, 0.05) is 12.8 Å². The molecule has 0 aromatic carbocycles. The molecule has 9 nitrogen and oxygen atoms in total. The van der Waals surface area contributed by atoms with Crippen LogP contribution in [0.5, 0.6) is 0 Å². The van der Waals surface area contributed by atoms with E-state index in [1.165, 1.54) is 51.4 Å². The smallest absolute Gasteiger partial charge is 0.328 e. The van der Waals surface area contributed by atoms with Crippen molar-refractivity contribution in [1.29, 1.82) is 0 Å². The Kier molecular flexibility index (Phi) is 35.8. The maximum atomic E-state index is 12.7. The Bertz CT molecular complexity index is 1080. The normalized spacial score (nSPS) is 13.1. The number of carbonyl (C=O) groups excluding carboxylic acids is 3. The highest BCUT2D eigenvalue weighted by Gasteiger charge is 2.18. The third-order valence-electron chi connectivity index (χ3n) is 8.73. The number of hydrogen-bond donors (Lipinski definition) is 4. The van der Waals surface area contributed by atoms with Crippen LogP contribution in [0.15, 0.2) is 60.8 Å². The zero-order chi connectivity index (χ0) is 39.0. The third kappa shape index (κ3) is 35.3. The van der Waals surface area contributed by atoms with E-state index < -0.39 is 24.5 Å². The van der Waals surface area contributed by atoms with Crippen molar-refractivity contribution in [3.05, 3.63) is 60.8 Å². The van der Waals surface area contributed by atoms with Crippen LogP contribution in [0.4, 0.5) is 0 Å². The van der Waals surface area contributed by atoms with E-state index in [0.29, 0.717) is 12.8 Å². The number of nitrogens with one attached hydrogen (secondary N) is 2. The predicted octanol–water partition coefficient (Wildman–Crippen LogP) is 9.76. The molecule has 2 atom stereocenters. The zero-order valence-corrected chi connectivity index (χ0v) is 33.2. The van der Waals surface area contributed by atoms with Gasteiger partial charge in [-0.1, -0.05) is 133 Å². The van der Waals surface area contributed by atoms with Crippen molar-refractivity contribution in [2.24, 2.45) is 0 Å². The number of rotatable bonds is 36. The van der Waals surface area contributed by atoms with Gasteiger partial charge in [0.05, 0.1) is 13.2 Å². The van der Waals surface area contributed by atoms with Crippen LogP contribution in [0.25, 0.3) is 0 Å². The van der Waals surface area contributed by atoms with Gasteiger partial charge in [-0.05, 0) is 83.1 Å². The van der Waals surface area contributed by atoms with Crippen molar-refractivity contribution in [3.8, 4) is 0 Å². The van der Waals surface area contributed by atoms with E-state index in [-0.39, 0.29) is 30.9 Å². The first kappa shape index (κ1) is 49.5. The molecule has 0 heterocycles. The van der Waals surface area contributed by atoms with Gasteiger partial charge in [0.2, 0.25) is 11.8 Å². The number of carboxylic acids is 1. The summed E-state index contributed by atoms with van der Waals surface area (Å²) in [6.07, 6.45) is 45.5. The van der Waals surface area contributed by atoms with Gasteiger partial charge in [-0.3, -0.25) is 14.4 Å². The van der Waals surface area contributed by atoms with E-state index in [0.717, 1.165) is 83.5 Å². The number of amides is 2. The van der Waals surface area contributed by atoms with Crippen molar-refractivity contribution in [2.75, 3.05) is 13.2 Å². The van der Waals surface area contributed by atoms with E-state index in [4.69, 9.17) is 14.9 Å². The number of esters is 1. The van der Waals surface area contributed by atoms with Gasteiger partial charge in [0.15, 0.2) is 0 Å². The molecule has 0 fully saturated rings. The van der Waals surface area contributed by atoms with Gasteiger partial charge < -0.3 is 25.6 Å². The SMILES string of the molecule is CC/C=C\C/C=C\C/C=C\C/C=C\C(CCCCCCCC(=O)NCC(=O)NC(CO)C(=O)O)OC(=O)CCCCCCC/C=C\CCCCCCC. The van der Waals surface area contributed by atoms with E-state index in [9.17, 15) is 19.2 Å². The Labute approximate surface area is 321 Å². The Hall–Kier alpha value is -3.46. The second kappa shape index (κ2) is 38.3. The van der Waals surface area contributed by atoms with Gasteiger partial charge in [-0.15, -0.1) is 0 Å². The van der Waals surface area contributed by atoms with Gasteiger partial charge >= 0.3 is 11.9 Å². The quantitative estimate of drug-likeness (QED) is 0.0284. The first-order valence-corrected chi connectivity index (χ1v) is 20.7. The Balaban J connectivity index is 4.45. The highest BCUT2D eigenvalue weighted by atomic mass is 16.5. The maximum absolute atomic E-state index is 12.7. The third-order valence-corrected chi connectivity index (χ3v) is 8.73. The summed E-state index contributed by atoms with van der Waals surface area (Å²) >= 11 is 0. The second-order valence-electron chi connectivity index (χ2n) is 13.7. The number of carboxylic acid groups (broad SMARTS) is 1. The summed E-state index contributed by atoms with van der Waals surface area (Å²) in [7, 11) is 0. The fourth-order valence-corrected chi connectivity index (χ4v) is 5.56. The first-order chi connectivity index (χ1) is 25.8. The first-order valence-electron chi connectivity index (χ1n) is 20.7. The number of allylic oxidation sites excluding steroid dienone is 9. The molecule has 9 heteroatoms. The molecule has 53 heavy (non-hydrogen) atoms. The molecule has 0 spiro atoms. The summed E-state index contributed by atoms with van der Waals surface area (Å²) < 4.78 is 5.90. The Morgan fingerprint density at radius 2 is 1.13 bits per heavy atom. The topological polar surface area (TPSA) is 142 Å². The predicted molar refractivity (Wildman–Crippen MR) is 217 cm³/mol. The van der Waals surface area contributed by atoms with Crippen molar-refractivity contribution >= 4 is 23.8 Å². The minimum Gasteiger partial charge on any atom is -0.480 e. The number of aliphatic hydroxyl groups is 1. The van der Waals surface area contributed by atoms with E-state index in [1.807, 2.05) is 6.08 Å². The van der Waals surface area contributed by atoms with Crippen molar-refractivity contribution < 1.29 is 34.1 Å². The van der Waals surface area contributed by atoms with Crippen LogP contribution in [0.2, 0.25) is 0 Å². The lowest BCUT2D eigenvalue weighted by molar-refractivity contribution is -0.147. The fraction of sp³-hybridized carbons (Fsp3) is 0.682. The molecular weight excluding hydrogens is 668 g/mol. The van der Waals surface area contributed by atoms with E-state index in [1.54, 1.807) is 0 Å². The maximum Gasteiger partial charge on any atom is 0.328 e. The van der Waals surface area contributed by atoms with Crippen LogP contribution >= 0.6 is 0 Å². The van der Waals surface area contributed by atoms with Gasteiger partial charge in [0.1, 0.15) is 12.1 Å². The number of ether oxygens (including phenoxy) is 1. The number of hydrogen-bond acceptors (Lipinski definition) is 6. The van der Waals surface area contributed by atoms with E-state index in [2.05, 4.69) is 79.2 Å². The van der Waals surface area contributed by atoms with Crippen LogP contribution in [-0.4, -0.2) is 59.3 Å². The number of unbranched alkanes of at least 4 members (excludes halogenated alkanes) is 14. The average Bonchev–Trinajstić information content (AvgIpc) is 3.14. The van der Waals surface area contributed by atoms with Crippen LogP contribution in [0, 0.1) is 0 Å².